The van der Waals surface area contributed by atoms with Gasteiger partial charge in [0.15, 0.2) is 0 Å². The number of hydrogen-bond acceptors (Lipinski definition) is 3. The summed E-state index contributed by atoms with van der Waals surface area (Å²) in [6.45, 7) is 2.13. The molecule has 0 aromatic carbocycles. The van der Waals surface area contributed by atoms with Crippen LogP contribution in [-0.4, -0.2) is 45.2 Å². The molecule has 0 unspecified atom stereocenters. The summed E-state index contributed by atoms with van der Waals surface area (Å²) < 4.78 is 23.9. The molecule has 1 aliphatic heterocycles. The van der Waals surface area contributed by atoms with Crippen molar-refractivity contribution in [3.63, 3.8) is 0 Å². The van der Waals surface area contributed by atoms with Crippen molar-refractivity contribution in [2.45, 2.75) is 6.42 Å². The van der Waals surface area contributed by atoms with Gasteiger partial charge in [0.1, 0.15) is 0 Å². The summed E-state index contributed by atoms with van der Waals surface area (Å²) in [5, 5.41) is 3.06. The van der Waals surface area contributed by atoms with E-state index < -0.39 is 10.0 Å². The minimum atomic E-state index is -2.95. The van der Waals surface area contributed by atoms with Gasteiger partial charge in [-0.2, -0.15) is 0 Å². The zero-order valence-electron chi connectivity index (χ0n) is 6.71. The number of nitrogens with one attached hydrogen (secondary N) is 1. The maximum Gasteiger partial charge on any atom is 0.215 e. The van der Waals surface area contributed by atoms with Crippen molar-refractivity contribution in [2.24, 2.45) is 0 Å². The minimum Gasteiger partial charge on any atom is -0.316 e. The largest absolute Gasteiger partial charge is 0.316 e. The van der Waals surface area contributed by atoms with E-state index in [4.69, 9.17) is 0 Å². The molecule has 0 radical (unpaired) electrons. The second-order valence-electron chi connectivity index (χ2n) is 2.74. The highest BCUT2D eigenvalue weighted by Gasteiger charge is 2.18. The predicted molar refractivity (Wildman–Crippen MR) is 43.9 cm³/mol. The summed E-state index contributed by atoms with van der Waals surface area (Å²) >= 11 is 0. The molecule has 5 heteroatoms. The summed E-state index contributed by atoms with van der Waals surface area (Å²) in [7, 11) is -1.31. The number of hydrogen-bond donors (Lipinski definition) is 1. The van der Waals surface area contributed by atoms with Crippen molar-refractivity contribution in [2.75, 3.05) is 32.4 Å². The van der Waals surface area contributed by atoms with Gasteiger partial charge in [-0.05, 0) is 13.0 Å². The SMILES string of the molecule is CN1CCCNCCS1(=O)=O. The lowest BCUT2D eigenvalue weighted by Gasteiger charge is -2.20. The first-order valence-electron chi connectivity index (χ1n) is 3.78. The molecule has 1 rings (SSSR count). The molecule has 1 saturated heterocycles. The Morgan fingerprint density at radius 1 is 1.36 bits per heavy atom. The molecule has 0 amide bonds. The Kier molecular flexibility index (Phi) is 2.86. The van der Waals surface area contributed by atoms with Crippen LogP contribution in [0.15, 0.2) is 0 Å². The molecular formula is C6H14N2O2S. The third-order valence-electron chi connectivity index (χ3n) is 1.84. The second kappa shape index (κ2) is 3.51. The standard InChI is InChI=1S/C6H14N2O2S/c1-8-5-2-3-7-4-6-11(8,9)10/h7H,2-6H2,1H3. The van der Waals surface area contributed by atoms with E-state index in [0.717, 1.165) is 13.0 Å². The lowest BCUT2D eigenvalue weighted by Crippen LogP contribution is -2.38. The molecule has 1 N–H and O–H groups in total. The summed E-state index contributed by atoms with van der Waals surface area (Å²) in [6.07, 6.45) is 0.899. The average molecular weight is 178 g/mol. The molecule has 0 spiro atoms. The van der Waals surface area contributed by atoms with Gasteiger partial charge in [-0.3, -0.25) is 0 Å². The van der Waals surface area contributed by atoms with Gasteiger partial charge in [0.2, 0.25) is 10.0 Å². The third kappa shape index (κ3) is 2.43. The van der Waals surface area contributed by atoms with Gasteiger partial charge in [0.05, 0.1) is 5.75 Å². The van der Waals surface area contributed by atoms with Crippen molar-refractivity contribution in [3.8, 4) is 0 Å². The fourth-order valence-corrected chi connectivity index (χ4v) is 2.17. The van der Waals surface area contributed by atoms with E-state index in [1.54, 1.807) is 7.05 Å². The van der Waals surface area contributed by atoms with Gasteiger partial charge in [0, 0.05) is 20.1 Å². The van der Waals surface area contributed by atoms with Crippen LogP contribution >= 0.6 is 0 Å². The van der Waals surface area contributed by atoms with Gasteiger partial charge in [0.25, 0.3) is 0 Å². The topological polar surface area (TPSA) is 49.4 Å². The first-order valence-corrected chi connectivity index (χ1v) is 5.38. The molecular weight excluding hydrogens is 164 g/mol. The number of rotatable bonds is 0. The molecule has 1 aliphatic rings. The summed E-state index contributed by atoms with van der Waals surface area (Å²) in [5.41, 5.74) is 0. The molecule has 0 aromatic rings. The van der Waals surface area contributed by atoms with Gasteiger partial charge in [-0.15, -0.1) is 0 Å². The highest BCUT2D eigenvalue weighted by atomic mass is 32.2. The molecule has 0 aliphatic carbocycles. The van der Waals surface area contributed by atoms with Gasteiger partial charge >= 0.3 is 0 Å². The van der Waals surface area contributed by atoms with Crippen LogP contribution in [0.3, 0.4) is 0 Å². The molecule has 0 atom stereocenters. The highest BCUT2D eigenvalue weighted by Crippen LogP contribution is 2.00. The Labute approximate surface area is 67.6 Å². The monoisotopic (exact) mass is 178 g/mol. The molecule has 0 saturated carbocycles. The van der Waals surface area contributed by atoms with E-state index in [9.17, 15) is 8.42 Å². The summed E-state index contributed by atoms with van der Waals surface area (Å²) in [5.74, 6) is 0.226. The van der Waals surface area contributed by atoms with E-state index in [1.807, 2.05) is 0 Å². The van der Waals surface area contributed by atoms with Crippen LogP contribution in [0.4, 0.5) is 0 Å². The smallest absolute Gasteiger partial charge is 0.215 e. The fourth-order valence-electron chi connectivity index (χ4n) is 1.05. The Morgan fingerprint density at radius 3 is 2.82 bits per heavy atom. The Hall–Kier alpha value is -0.130. The number of sulfonamides is 1. The van der Waals surface area contributed by atoms with Crippen LogP contribution in [0.25, 0.3) is 0 Å². The molecule has 66 valence electrons. The lowest BCUT2D eigenvalue weighted by atomic mass is 10.4. The average Bonchev–Trinajstić information content (AvgIpc) is 1.93. The Morgan fingerprint density at radius 2 is 2.09 bits per heavy atom. The molecule has 11 heavy (non-hydrogen) atoms. The van der Waals surface area contributed by atoms with Crippen LogP contribution < -0.4 is 5.32 Å². The van der Waals surface area contributed by atoms with Crippen molar-refractivity contribution in [1.82, 2.24) is 9.62 Å². The Bertz CT molecular complexity index is 213. The first kappa shape index (κ1) is 8.96. The number of nitrogens with zero attached hydrogens (tertiary/aromatic N) is 1. The molecule has 0 aromatic heterocycles. The van der Waals surface area contributed by atoms with Crippen LogP contribution in [0.1, 0.15) is 6.42 Å². The van der Waals surface area contributed by atoms with E-state index in [1.165, 1.54) is 4.31 Å². The summed E-state index contributed by atoms with van der Waals surface area (Å²) in [4.78, 5) is 0. The van der Waals surface area contributed by atoms with Crippen LogP contribution in [0.2, 0.25) is 0 Å². The maximum absolute atomic E-state index is 11.2. The fraction of sp³-hybridized carbons (Fsp3) is 1.00. The van der Waals surface area contributed by atoms with Gasteiger partial charge in [-0.25, -0.2) is 12.7 Å². The third-order valence-corrected chi connectivity index (χ3v) is 3.69. The highest BCUT2D eigenvalue weighted by molar-refractivity contribution is 7.89. The van der Waals surface area contributed by atoms with Crippen molar-refractivity contribution >= 4 is 10.0 Å². The van der Waals surface area contributed by atoms with Crippen molar-refractivity contribution in [3.05, 3.63) is 0 Å². The molecule has 4 nitrogen and oxygen atoms in total. The van der Waals surface area contributed by atoms with Gasteiger partial charge < -0.3 is 5.32 Å². The van der Waals surface area contributed by atoms with Crippen LogP contribution in [0.5, 0.6) is 0 Å². The van der Waals surface area contributed by atoms with Crippen LogP contribution in [0, 0.1) is 0 Å². The van der Waals surface area contributed by atoms with Gasteiger partial charge in [-0.1, -0.05) is 0 Å². The van der Waals surface area contributed by atoms with E-state index in [2.05, 4.69) is 5.32 Å². The zero-order valence-corrected chi connectivity index (χ0v) is 7.52. The van der Waals surface area contributed by atoms with E-state index in [-0.39, 0.29) is 5.75 Å². The normalized spacial score (nSPS) is 27.4. The van der Waals surface area contributed by atoms with Crippen LogP contribution in [-0.2, 0) is 10.0 Å². The second-order valence-corrected chi connectivity index (χ2v) is 4.94. The maximum atomic E-state index is 11.2. The molecule has 0 bridgehead atoms. The molecule has 1 heterocycles. The first-order chi connectivity index (χ1) is 5.13. The van der Waals surface area contributed by atoms with Crippen molar-refractivity contribution < 1.29 is 8.42 Å². The summed E-state index contributed by atoms with van der Waals surface area (Å²) in [6, 6.07) is 0. The van der Waals surface area contributed by atoms with E-state index in [0.29, 0.717) is 13.1 Å². The van der Waals surface area contributed by atoms with Crippen molar-refractivity contribution in [1.29, 1.82) is 0 Å². The minimum absolute atomic E-state index is 0.226. The van der Waals surface area contributed by atoms with E-state index >= 15 is 0 Å². The molecule has 1 fully saturated rings. The predicted octanol–water partition coefficient (Wildman–Crippen LogP) is -0.759. The Balaban J connectivity index is 2.62. The quantitative estimate of drug-likeness (QED) is 0.530. The zero-order chi connectivity index (χ0) is 8.32. The lowest BCUT2D eigenvalue weighted by molar-refractivity contribution is 0.442.